The second kappa shape index (κ2) is 10.6. The molecule has 1 heterocycles. The van der Waals surface area contributed by atoms with E-state index in [1.165, 1.54) is 11.1 Å². The van der Waals surface area contributed by atoms with Crippen molar-refractivity contribution in [2.45, 2.75) is 39.4 Å². The van der Waals surface area contributed by atoms with Gasteiger partial charge in [-0.05, 0) is 49.6 Å². The third kappa shape index (κ3) is 5.77. The second-order valence-electron chi connectivity index (χ2n) is 8.26. The van der Waals surface area contributed by atoms with Gasteiger partial charge in [0.2, 0.25) is 5.91 Å². The minimum absolute atomic E-state index is 0.00506. The summed E-state index contributed by atoms with van der Waals surface area (Å²) >= 11 is 0. The minimum Gasteiger partial charge on any atom is -0.493 e. The quantitative estimate of drug-likeness (QED) is 0.703. The summed E-state index contributed by atoms with van der Waals surface area (Å²) in [6, 6.07) is 14.0. The Hall–Kier alpha value is -2.57. The number of ether oxygens (including phenoxy) is 2. The third-order valence-corrected chi connectivity index (χ3v) is 6.23. The first kappa shape index (κ1) is 23.1. The molecular weight excluding hydrogens is 390 g/mol. The monoisotopic (exact) mass is 425 g/mol. The van der Waals surface area contributed by atoms with E-state index in [0.29, 0.717) is 0 Å². The molecule has 2 aromatic carbocycles. The van der Waals surface area contributed by atoms with Crippen LogP contribution in [0.25, 0.3) is 0 Å². The van der Waals surface area contributed by atoms with E-state index in [1.54, 1.807) is 14.2 Å². The zero-order valence-corrected chi connectivity index (χ0v) is 19.4. The number of methoxy groups -OCH3 is 2. The Morgan fingerprint density at radius 1 is 1.00 bits per heavy atom. The van der Waals surface area contributed by atoms with Crippen molar-refractivity contribution in [2.24, 2.45) is 0 Å². The summed E-state index contributed by atoms with van der Waals surface area (Å²) in [5.74, 6) is 1.61. The van der Waals surface area contributed by atoms with Gasteiger partial charge < -0.3 is 14.8 Å². The summed E-state index contributed by atoms with van der Waals surface area (Å²) in [7, 11) is 3.33. The molecule has 0 aromatic heterocycles. The molecule has 6 heteroatoms. The lowest BCUT2D eigenvalue weighted by molar-refractivity contribution is -0.127. The van der Waals surface area contributed by atoms with Crippen LogP contribution in [0.5, 0.6) is 11.5 Å². The van der Waals surface area contributed by atoms with Crippen LogP contribution >= 0.6 is 0 Å². The van der Waals surface area contributed by atoms with E-state index in [0.717, 1.165) is 49.8 Å². The highest BCUT2D eigenvalue weighted by Gasteiger charge is 2.26. The van der Waals surface area contributed by atoms with Crippen LogP contribution in [0.2, 0.25) is 0 Å². The summed E-state index contributed by atoms with van der Waals surface area (Å²) in [6.07, 6.45) is 0. The van der Waals surface area contributed by atoms with E-state index in [4.69, 9.17) is 9.47 Å². The van der Waals surface area contributed by atoms with Crippen molar-refractivity contribution < 1.29 is 14.3 Å². The maximum absolute atomic E-state index is 12.8. The number of hydrogen-bond acceptors (Lipinski definition) is 5. The van der Waals surface area contributed by atoms with Crippen LogP contribution in [0.3, 0.4) is 0 Å². The Balaban J connectivity index is 1.53. The fourth-order valence-electron chi connectivity index (χ4n) is 4.07. The van der Waals surface area contributed by atoms with Crippen LogP contribution in [0, 0.1) is 6.92 Å². The Bertz CT molecular complexity index is 864. The van der Waals surface area contributed by atoms with Crippen molar-refractivity contribution in [1.82, 2.24) is 15.1 Å². The molecule has 6 nitrogen and oxygen atoms in total. The van der Waals surface area contributed by atoms with Gasteiger partial charge in [-0.25, -0.2) is 0 Å². The van der Waals surface area contributed by atoms with Crippen LogP contribution in [0.4, 0.5) is 0 Å². The van der Waals surface area contributed by atoms with Gasteiger partial charge in [-0.15, -0.1) is 0 Å². The van der Waals surface area contributed by atoms with E-state index < -0.39 is 0 Å². The highest BCUT2D eigenvalue weighted by Crippen LogP contribution is 2.31. The lowest BCUT2D eigenvalue weighted by Gasteiger charge is -2.38. The first-order valence-corrected chi connectivity index (χ1v) is 11.0. The Morgan fingerprint density at radius 2 is 1.61 bits per heavy atom. The molecule has 1 aliphatic rings. The van der Waals surface area contributed by atoms with Gasteiger partial charge in [0.15, 0.2) is 11.5 Å². The van der Waals surface area contributed by atoms with Crippen molar-refractivity contribution in [3.63, 3.8) is 0 Å². The number of nitrogens with one attached hydrogen (secondary N) is 1. The number of benzene rings is 2. The molecule has 0 radical (unpaired) electrons. The maximum Gasteiger partial charge on any atom is 0.237 e. The summed E-state index contributed by atoms with van der Waals surface area (Å²) in [5.41, 5.74) is 3.56. The predicted molar refractivity (Wildman–Crippen MR) is 124 cm³/mol. The van der Waals surface area contributed by atoms with Crippen LogP contribution in [0.15, 0.2) is 42.5 Å². The number of amides is 1. The zero-order valence-electron chi connectivity index (χ0n) is 19.4. The molecule has 0 unspecified atom stereocenters. The van der Waals surface area contributed by atoms with Gasteiger partial charge in [0.25, 0.3) is 0 Å². The van der Waals surface area contributed by atoms with Gasteiger partial charge >= 0.3 is 0 Å². The fourth-order valence-corrected chi connectivity index (χ4v) is 4.07. The third-order valence-electron chi connectivity index (χ3n) is 6.23. The van der Waals surface area contributed by atoms with Crippen LogP contribution in [-0.4, -0.2) is 62.1 Å². The van der Waals surface area contributed by atoms with E-state index in [9.17, 15) is 4.79 Å². The molecular formula is C25H35N3O3. The Morgan fingerprint density at radius 3 is 2.23 bits per heavy atom. The van der Waals surface area contributed by atoms with E-state index in [2.05, 4.69) is 28.1 Å². The SMILES string of the molecule is COc1cc(C)c(CN2CCN([C@@H](C)C(=O)N[C@@H](C)c3ccccc3)CC2)cc1OC. The van der Waals surface area contributed by atoms with Gasteiger partial charge in [-0.2, -0.15) is 0 Å². The molecule has 2 aromatic rings. The standard InChI is InChI=1S/C25H35N3O3/c1-18-15-23(30-4)24(31-5)16-22(18)17-27-11-13-28(14-12-27)20(3)25(29)26-19(2)21-9-7-6-8-10-21/h6-10,15-16,19-20H,11-14,17H2,1-5H3,(H,26,29)/t19-,20-/m0/s1. The Kier molecular flexibility index (Phi) is 7.93. The molecule has 0 bridgehead atoms. The van der Waals surface area contributed by atoms with Crippen LogP contribution < -0.4 is 14.8 Å². The molecule has 31 heavy (non-hydrogen) atoms. The van der Waals surface area contributed by atoms with E-state index >= 15 is 0 Å². The normalized spacial score (nSPS) is 17.1. The van der Waals surface area contributed by atoms with Crippen LogP contribution in [-0.2, 0) is 11.3 Å². The number of piperazine rings is 1. The average molecular weight is 426 g/mol. The first-order chi connectivity index (χ1) is 14.9. The number of nitrogens with zero attached hydrogens (tertiary/aromatic N) is 2. The molecule has 3 rings (SSSR count). The van der Waals surface area contributed by atoms with E-state index in [-0.39, 0.29) is 18.0 Å². The lowest BCUT2D eigenvalue weighted by atomic mass is 10.1. The van der Waals surface area contributed by atoms with Gasteiger partial charge in [0.1, 0.15) is 0 Å². The van der Waals surface area contributed by atoms with Gasteiger partial charge in [-0.1, -0.05) is 30.3 Å². The molecule has 0 saturated carbocycles. The molecule has 1 saturated heterocycles. The molecule has 1 amide bonds. The van der Waals surface area contributed by atoms with Crippen molar-refractivity contribution in [3.05, 3.63) is 59.2 Å². The van der Waals surface area contributed by atoms with Crippen molar-refractivity contribution in [2.75, 3.05) is 40.4 Å². The minimum atomic E-state index is -0.142. The van der Waals surface area contributed by atoms with Gasteiger partial charge in [0, 0.05) is 32.7 Å². The summed E-state index contributed by atoms with van der Waals surface area (Å²) < 4.78 is 10.9. The highest BCUT2D eigenvalue weighted by molar-refractivity contribution is 5.81. The van der Waals surface area contributed by atoms with Gasteiger partial charge in [0.05, 0.1) is 26.3 Å². The van der Waals surface area contributed by atoms with E-state index in [1.807, 2.05) is 50.2 Å². The highest BCUT2D eigenvalue weighted by atomic mass is 16.5. The molecule has 1 fully saturated rings. The predicted octanol–water partition coefficient (Wildman–Crippen LogP) is 3.40. The molecule has 1 N–H and O–H groups in total. The molecule has 0 aliphatic carbocycles. The number of rotatable bonds is 8. The van der Waals surface area contributed by atoms with Gasteiger partial charge in [-0.3, -0.25) is 14.6 Å². The lowest BCUT2D eigenvalue weighted by Crippen LogP contribution is -2.53. The summed E-state index contributed by atoms with van der Waals surface area (Å²) in [4.78, 5) is 17.5. The summed E-state index contributed by atoms with van der Waals surface area (Å²) in [6.45, 7) is 10.6. The number of hydrogen-bond donors (Lipinski definition) is 1. The zero-order chi connectivity index (χ0) is 22.4. The smallest absolute Gasteiger partial charge is 0.237 e. The van der Waals surface area contributed by atoms with Crippen molar-refractivity contribution in [1.29, 1.82) is 0 Å². The van der Waals surface area contributed by atoms with Crippen molar-refractivity contribution in [3.8, 4) is 11.5 Å². The largest absolute Gasteiger partial charge is 0.493 e. The number of aryl methyl sites for hydroxylation is 1. The summed E-state index contributed by atoms with van der Waals surface area (Å²) in [5, 5.41) is 3.16. The van der Waals surface area contributed by atoms with Crippen LogP contribution in [0.1, 0.15) is 36.6 Å². The maximum atomic E-state index is 12.8. The molecule has 2 atom stereocenters. The topological polar surface area (TPSA) is 54.0 Å². The number of carbonyl (C=O) groups excluding carboxylic acids is 1. The first-order valence-electron chi connectivity index (χ1n) is 11.0. The molecule has 168 valence electrons. The van der Waals surface area contributed by atoms with Crippen molar-refractivity contribution >= 4 is 5.91 Å². The molecule has 0 spiro atoms. The molecule has 1 aliphatic heterocycles. The fraction of sp³-hybridized carbons (Fsp3) is 0.480. The number of carbonyl (C=O) groups is 1. The Labute approximate surface area is 186 Å². The second-order valence-corrected chi connectivity index (χ2v) is 8.26. The average Bonchev–Trinajstić information content (AvgIpc) is 2.80.